The summed E-state index contributed by atoms with van der Waals surface area (Å²) in [7, 11) is 4.59. The Morgan fingerprint density at radius 1 is 0.944 bits per heavy atom. The molecule has 0 aliphatic carbocycles. The lowest BCUT2D eigenvalue weighted by Crippen LogP contribution is -2.32. The monoisotopic (exact) mass is 490 g/mol. The molecule has 0 fully saturated rings. The molecule has 3 aromatic carbocycles. The number of carbonyl (C=O) groups excluding carboxylic acids is 2. The maximum atomic E-state index is 13.4. The normalized spacial score (nSPS) is 13.1. The van der Waals surface area contributed by atoms with Gasteiger partial charge in [-0.3, -0.25) is 9.59 Å². The molecule has 0 unspecified atom stereocenters. The van der Waals surface area contributed by atoms with Gasteiger partial charge in [-0.05, 0) is 48.4 Å². The molecule has 3 aromatic rings. The van der Waals surface area contributed by atoms with Gasteiger partial charge in [-0.25, -0.2) is 0 Å². The quantitative estimate of drug-likeness (QED) is 0.438. The summed E-state index contributed by atoms with van der Waals surface area (Å²) in [5, 5.41) is 2.95. The van der Waals surface area contributed by atoms with Crippen LogP contribution in [-0.4, -0.2) is 44.7 Å². The number of anilines is 1. The molecule has 36 heavy (non-hydrogen) atoms. The Balaban J connectivity index is 1.71. The molecule has 0 spiro atoms. The zero-order valence-corrected chi connectivity index (χ0v) is 20.9. The molecular formula is C28H30N2O6. The second-order valence-corrected chi connectivity index (χ2v) is 8.25. The predicted molar refractivity (Wildman–Crippen MR) is 136 cm³/mol. The Morgan fingerprint density at radius 2 is 1.61 bits per heavy atom. The Hall–Kier alpha value is -4.20. The van der Waals surface area contributed by atoms with E-state index in [9.17, 15) is 9.59 Å². The highest BCUT2D eigenvalue weighted by molar-refractivity contribution is 5.99. The summed E-state index contributed by atoms with van der Waals surface area (Å²) in [4.78, 5) is 28.4. The van der Waals surface area contributed by atoms with Crippen molar-refractivity contribution in [2.75, 3.05) is 33.3 Å². The highest BCUT2D eigenvalue weighted by atomic mass is 16.5. The number of rotatable bonds is 10. The van der Waals surface area contributed by atoms with Gasteiger partial charge in [0.2, 0.25) is 11.7 Å². The standard InChI is InChI=1S/C28H30N2O6/c1-5-36-23-13-9-8-12-21(23)29-26(31)16-22(30-17-18-10-6-7-11-20(18)28(30)32)19-14-24(33-2)27(35-4)25(15-19)34-3/h6-15,22H,5,16-17H2,1-4H3,(H,29,31)/t22-/m1/s1. The van der Waals surface area contributed by atoms with Crippen molar-refractivity contribution in [3.05, 3.63) is 77.4 Å². The van der Waals surface area contributed by atoms with Crippen LogP contribution in [0.15, 0.2) is 60.7 Å². The minimum absolute atomic E-state index is 0.0127. The molecule has 1 heterocycles. The minimum atomic E-state index is -0.585. The van der Waals surface area contributed by atoms with Crippen LogP contribution in [-0.2, 0) is 11.3 Å². The molecule has 0 radical (unpaired) electrons. The average Bonchev–Trinajstić information content (AvgIpc) is 3.23. The minimum Gasteiger partial charge on any atom is -0.493 e. The maximum Gasteiger partial charge on any atom is 0.255 e. The summed E-state index contributed by atoms with van der Waals surface area (Å²) < 4.78 is 22.2. The molecular weight excluding hydrogens is 460 g/mol. The van der Waals surface area contributed by atoms with Crippen molar-refractivity contribution in [2.24, 2.45) is 0 Å². The van der Waals surface area contributed by atoms with E-state index in [4.69, 9.17) is 18.9 Å². The predicted octanol–water partition coefficient (Wildman–Crippen LogP) is 4.84. The third-order valence-corrected chi connectivity index (χ3v) is 6.14. The number of amides is 2. The van der Waals surface area contributed by atoms with Crippen LogP contribution in [0.2, 0.25) is 0 Å². The summed E-state index contributed by atoms with van der Waals surface area (Å²) in [6, 6.07) is 17.7. The number of carbonyl (C=O) groups is 2. The van der Waals surface area contributed by atoms with E-state index in [0.29, 0.717) is 53.0 Å². The van der Waals surface area contributed by atoms with Gasteiger partial charge in [-0.1, -0.05) is 30.3 Å². The summed E-state index contributed by atoms with van der Waals surface area (Å²) in [5.41, 5.74) is 2.82. The van der Waals surface area contributed by atoms with Crippen LogP contribution in [0, 0.1) is 0 Å². The molecule has 0 saturated carbocycles. The van der Waals surface area contributed by atoms with Crippen molar-refractivity contribution >= 4 is 17.5 Å². The molecule has 1 aliphatic rings. The molecule has 1 atom stereocenters. The summed E-state index contributed by atoms with van der Waals surface area (Å²) in [6.07, 6.45) is 0.0127. The number of hydrogen-bond donors (Lipinski definition) is 1. The van der Waals surface area contributed by atoms with E-state index in [2.05, 4.69) is 5.32 Å². The average molecular weight is 491 g/mol. The summed E-state index contributed by atoms with van der Waals surface area (Å²) in [6.45, 7) is 2.75. The van der Waals surface area contributed by atoms with Crippen molar-refractivity contribution < 1.29 is 28.5 Å². The van der Waals surface area contributed by atoms with Gasteiger partial charge < -0.3 is 29.2 Å². The van der Waals surface area contributed by atoms with Crippen molar-refractivity contribution in [3.8, 4) is 23.0 Å². The molecule has 4 rings (SSSR count). The largest absolute Gasteiger partial charge is 0.493 e. The number of ether oxygens (including phenoxy) is 4. The van der Waals surface area contributed by atoms with Crippen molar-refractivity contribution in [2.45, 2.75) is 25.9 Å². The molecule has 2 amide bonds. The second kappa shape index (κ2) is 11.0. The van der Waals surface area contributed by atoms with Crippen LogP contribution in [0.25, 0.3) is 0 Å². The maximum absolute atomic E-state index is 13.4. The van der Waals surface area contributed by atoms with Gasteiger partial charge >= 0.3 is 0 Å². The van der Waals surface area contributed by atoms with Crippen molar-refractivity contribution in [3.63, 3.8) is 0 Å². The second-order valence-electron chi connectivity index (χ2n) is 8.25. The lowest BCUT2D eigenvalue weighted by Gasteiger charge is -2.29. The van der Waals surface area contributed by atoms with Gasteiger partial charge in [0.15, 0.2) is 11.5 Å². The number of nitrogens with zero attached hydrogens (tertiary/aromatic N) is 1. The fraction of sp³-hybridized carbons (Fsp3) is 0.286. The molecule has 0 bridgehead atoms. The highest BCUT2D eigenvalue weighted by Gasteiger charge is 2.35. The van der Waals surface area contributed by atoms with Gasteiger partial charge in [-0.15, -0.1) is 0 Å². The smallest absolute Gasteiger partial charge is 0.255 e. The number of fused-ring (bicyclic) bond motifs is 1. The number of hydrogen-bond acceptors (Lipinski definition) is 6. The lowest BCUT2D eigenvalue weighted by molar-refractivity contribution is -0.117. The first-order valence-electron chi connectivity index (χ1n) is 11.7. The lowest BCUT2D eigenvalue weighted by atomic mass is 10.00. The molecule has 1 N–H and O–H groups in total. The Bertz CT molecular complexity index is 1230. The summed E-state index contributed by atoms with van der Waals surface area (Å²) >= 11 is 0. The van der Waals surface area contributed by atoms with Crippen LogP contribution >= 0.6 is 0 Å². The van der Waals surface area contributed by atoms with Gasteiger partial charge in [-0.2, -0.15) is 0 Å². The van der Waals surface area contributed by atoms with E-state index < -0.39 is 6.04 Å². The van der Waals surface area contributed by atoms with E-state index in [1.54, 1.807) is 29.2 Å². The zero-order chi connectivity index (χ0) is 25.7. The van der Waals surface area contributed by atoms with E-state index in [1.165, 1.54) is 21.3 Å². The Labute approximate surface area is 210 Å². The molecule has 0 saturated heterocycles. The first-order chi connectivity index (χ1) is 17.5. The zero-order valence-electron chi connectivity index (χ0n) is 20.9. The number of nitrogens with one attached hydrogen (secondary N) is 1. The first kappa shape index (κ1) is 24.9. The topological polar surface area (TPSA) is 86.3 Å². The van der Waals surface area contributed by atoms with Crippen molar-refractivity contribution in [1.29, 1.82) is 0 Å². The van der Waals surface area contributed by atoms with E-state index in [-0.39, 0.29) is 18.2 Å². The van der Waals surface area contributed by atoms with Gasteiger partial charge in [0.1, 0.15) is 5.75 Å². The van der Waals surface area contributed by atoms with Crippen LogP contribution in [0.3, 0.4) is 0 Å². The third kappa shape index (κ3) is 4.93. The number of methoxy groups -OCH3 is 3. The first-order valence-corrected chi connectivity index (χ1v) is 11.7. The van der Waals surface area contributed by atoms with E-state index >= 15 is 0 Å². The summed E-state index contributed by atoms with van der Waals surface area (Å²) in [5.74, 6) is 1.53. The SMILES string of the molecule is CCOc1ccccc1NC(=O)C[C@H](c1cc(OC)c(OC)c(OC)c1)N1Cc2ccccc2C1=O. The van der Waals surface area contributed by atoms with Gasteiger partial charge in [0.05, 0.1) is 46.1 Å². The Morgan fingerprint density at radius 3 is 2.25 bits per heavy atom. The van der Waals surface area contributed by atoms with Crippen LogP contribution in [0.4, 0.5) is 5.69 Å². The fourth-order valence-corrected chi connectivity index (χ4v) is 4.46. The molecule has 8 heteroatoms. The Kier molecular flexibility index (Phi) is 7.63. The molecule has 8 nitrogen and oxygen atoms in total. The van der Waals surface area contributed by atoms with Gasteiger partial charge in [0.25, 0.3) is 5.91 Å². The fourth-order valence-electron chi connectivity index (χ4n) is 4.46. The van der Waals surface area contributed by atoms with Gasteiger partial charge in [0, 0.05) is 12.1 Å². The number of para-hydroxylation sites is 2. The van der Waals surface area contributed by atoms with Crippen LogP contribution in [0.5, 0.6) is 23.0 Å². The van der Waals surface area contributed by atoms with E-state index in [0.717, 1.165) is 5.56 Å². The molecule has 1 aliphatic heterocycles. The highest BCUT2D eigenvalue weighted by Crippen LogP contribution is 2.43. The van der Waals surface area contributed by atoms with Crippen molar-refractivity contribution in [1.82, 2.24) is 4.90 Å². The van der Waals surface area contributed by atoms with Crippen LogP contribution < -0.4 is 24.3 Å². The van der Waals surface area contributed by atoms with Crippen LogP contribution in [0.1, 0.15) is 40.9 Å². The third-order valence-electron chi connectivity index (χ3n) is 6.14. The molecule has 0 aromatic heterocycles. The number of benzene rings is 3. The van der Waals surface area contributed by atoms with E-state index in [1.807, 2.05) is 43.3 Å². The molecule has 188 valence electrons.